The molecule has 1 unspecified atom stereocenters. The van der Waals surface area contributed by atoms with Gasteiger partial charge < -0.3 is 14.1 Å². The van der Waals surface area contributed by atoms with Crippen molar-refractivity contribution in [1.82, 2.24) is 9.29 Å². The number of aryl methyl sites for hydroxylation is 1. The number of carbonyl (C=O) groups is 1. The van der Waals surface area contributed by atoms with E-state index in [4.69, 9.17) is 9.15 Å². The molecule has 2 aromatic carbocycles. The summed E-state index contributed by atoms with van der Waals surface area (Å²) in [4.78, 5) is 19.7. The van der Waals surface area contributed by atoms with Gasteiger partial charge in [-0.1, -0.05) is 18.2 Å². The number of fused-ring (bicyclic) bond motifs is 1. The molecule has 1 aliphatic heterocycles. The number of aromatic nitrogens is 1. The van der Waals surface area contributed by atoms with E-state index in [1.807, 2.05) is 61.5 Å². The highest BCUT2D eigenvalue weighted by molar-refractivity contribution is 7.89. The molecule has 1 fully saturated rings. The second-order valence-corrected chi connectivity index (χ2v) is 11.6. The van der Waals surface area contributed by atoms with Crippen molar-refractivity contribution < 1.29 is 26.8 Å². The molecule has 0 amide bonds. The van der Waals surface area contributed by atoms with E-state index in [1.54, 1.807) is 0 Å². The Morgan fingerprint density at radius 2 is 1.95 bits per heavy atom. The Bertz CT molecular complexity index is 1600. The topological polar surface area (TPSA) is 93.0 Å². The van der Waals surface area contributed by atoms with Gasteiger partial charge in [0.2, 0.25) is 5.09 Å². The van der Waals surface area contributed by atoms with Crippen molar-refractivity contribution in [2.75, 3.05) is 25.5 Å². The average molecular weight is 552 g/mol. The lowest BCUT2D eigenvalue weighted by atomic mass is 10.0. The zero-order valence-corrected chi connectivity index (χ0v) is 22.7. The first-order chi connectivity index (χ1) is 18.7. The summed E-state index contributed by atoms with van der Waals surface area (Å²) in [5.74, 6) is 0.893. The number of anilines is 1. The minimum Gasteiger partial charge on any atom is -0.487 e. The number of nitrogens with zero attached hydrogens (tertiary/aromatic N) is 3. The van der Waals surface area contributed by atoms with Gasteiger partial charge in [0.15, 0.2) is 5.78 Å². The van der Waals surface area contributed by atoms with E-state index in [0.717, 1.165) is 17.1 Å². The van der Waals surface area contributed by atoms with Crippen LogP contribution in [0.2, 0.25) is 0 Å². The summed E-state index contributed by atoms with van der Waals surface area (Å²) in [7, 11) is -0.186. The molecule has 5 rings (SSSR count). The van der Waals surface area contributed by atoms with Gasteiger partial charge in [-0.15, -0.1) is 0 Å². The molecule has 0 N–H and O–H groups in total. The summed E-state index contributed by atoms with van der Waals surface area (Å²) in [6, 6.07) is 17.7. The number of ketones is 1. The summed E-state index contributed by atoms with van der Waals surface area (Å²) < 4.78 is 52.9. The van der Waals surface area contributed by atoms with Crippen molar-refractivity contribution in [3.8, 4) is 5.75 Å². The van der Waals surface area contributed by atoms with Crippen LogP contribution < -0.4 is 9.64 Å². The van der Waals surface area contributed by atoms with E-state index < -0.39 is 21.9 Å². The standard InChI is InChI=1S/C29H30FN3O5S/c1-32(2)28-10-4-7-23(31-28)19-37-24-8-3-6-20(16-24)11-13-26(34)25-9-5-15-33(25)39(35,36)29-18-21-17-22(30)12-14-27(21)38-29/h3-4,6-8,10,12,14,16-18,25H,5,9,11,13,15,19H2,1-2H3. The third-order valence-corrected chi connectivity index (χ3v) is 8.55. The average Bonchev–Trinajstić information content (AvgIpc) is 3.59. The molecule has 4 aromatic rings. The lowest BCUT2D eigenvalue weighted by Gasteiger charge is -2.21. The van der Waals surface area contributed by atoms with Gasteiger partial charge in [0.05, 0.1) is 11.7 Å². The van der Waals surface area contributed by atoms with E-state index in [1.165, 1.54) is 28.6 Å². The predicted octanol–water partition coefficient (Wildman–Crippen LogP) is 4.97. The molecule has 1 saturated heterocycles. The van der Waals surface area contributed by atoms with Crippen LogP contribution in [0.25, 0.3) is 11.0 Å². The molecule has 0 saturated carbocycles. The van der Waals surface area contributed by atoms with Gasteiger partial charge >= 0.3 is 0 Å². The second-order valence-electron chi connectivity index (χ2n) is 9.81. The number of ether oxygens (including phenoxy) is 1. The number of hydrogen-bond donors (Lipinski definition) is 0. The van der Waals surface area contributed by atoms with Gasteiger partial charge in [0, 0.05) is 38.5 Å². The van der Waals surface area contributed by atoms with E-state index in [-0.39, 0.29) is 29.4 Å². The van der Waals surface area contributed by atoms with Crippen LogP contribution >= 0.6 is 0 Å². The van der Waals surface area contributed by atoms with E-state index in [0.29, 0.717) is 37.0 Å². The molecule has 39 heavy (non-hydrogen) atoms. The molecule has 0 aliphatic carbocycles. The number of carbonyl (C=O) groups excluding carboxylic acids is 1. The molecule has 204 valence electrons. The number of pyridine rings is 1. The predicted molar refractivity (Wildman–Crippen MR) is 146 cm³/mol. The molecule has 10 heteroatoms. The smallest absolute Gasteiger partial charge is 0.277 e. The van der Waals surface area contributed by atoms with Crippen LogP contribution in [-0.4, -0.2) is 50.2 Å². The fourth-order valence-electron chi connectivity index (χ4n) is 4.76. The molecule has 3 heterocycles. The van der Waals surface area contributed by atoms with Crippen molar-refractivity contribution in [3.05, 3.63) is 83.8 Å². The highest BCUT2D eigenvalue weighted by atomic mass is 32.2. The van der Waals surface area contributed by atoms with Crippen molar-refractivity contribution >= 4 is 32.6 Å². The summed E-state index contributed by atoms with van der Waals surface area (Å²) in [5.41, 5.74) is 2.00. The van der Waals surface area contributed by atoms with Crippen LogP contribution in [0.5, 0.6) is 5.75 Å². The maximum Gasteiger partial charge on any atom is 0.277 e. The first kappa shape index (κ1) is 26.8. The number of rotatable bonds is 10. The molecule has 1 aliphatic rings. The molecule has 0 bridgehead atoms. The van der Waals surface area contributed by atoms with Gasteiger partial charge in [-0.3, -0.25) is 4.79 Å². The summed E-state index contributed by atoms with van der Waals surface area (Å²) >= 11 is 0. The zero-order valence-electron chi connectivity index (χ0n) is 21.8. The number of halogens is 1. The number of furan rings is 1. The Kier molecular flexibility index (Phi) is 7.67. The normalized spacial score (nSPS) is 16.0. The Balaban J connectivity index is 1.22. The van der Waals surface area contributed by atoms with Crippen LogP contribution in [0.4, 0.5) is 10.2 Å². The van der Waals surface area contributed by atoms with Crippen LogP contribution in [0.3, 0.4) is 0 Å². The largest absolute Gasteiger partial charge is 0.487 e. The first-order valence-corrected chi connectivity index (χ1v) is 14.2. The summed E-state index contributed by atoms with van der Waals surface area (Å²) in [6.45, 7) is 0.546. The fourth-order valence-corrected chi connectivity index (χ4v) is 6.39. The Labute approximate surface area is 227 Å². The third kappa shape index (κ3) is 5.97. The lowest BCUT2D eigenvalue weighted by molar-refractivity contribution is -0.122. The molecular weight excluding hydrogens is 521 g/mol. The Morgan fingerprint density at radius 1 is 1.13 bits per heavy atom. The van der Waals surface area contributed by atoms with Gasteiger partial charge in [0.25, 0.3) is 10.0 Å². The summed E-state index contributed by atoms with van der Waals surface area (Å²) in [5, 5.41) is 0.0807. The SMILES string of the molecule is CN(C)c1cccc(COc2cccc(CCC(=O)C3CCCN3S(=O)(=O)c3cc4cc(F)ccc4o3)c2)n1. The number of benzene rings is 2. The van der Waals surface area contributed by atoms with E-state index >= 15 is 0 Å². The minimum absolute atomic E-state index is 0.144. The second kappa shape index (κ2) is 11.2. The monoisotopic (exact) mass is 551 g/mol. The van der Waals surface area contributed by atoms with E-state index in [2.05, 4.69) is 4.98 Å². The van der Waals surface area contributed by atoms with Gasteiger partial charge in [-0.2, -0.15) is 4.31 Å². The van der Waals surface area contributed by atoms with Crippen molar-refractivity contribution in [1.29, 1.82) is 0 Å². The summed E-state index contributed by atoms with van der Waals surface area (Å²) in [6.07, 6.45) is 1.68. The van der Waals surface area contributed by atoms with Gasteiger partial charge in [-0.05, 0) is 67.3 Å². The van der Waals surface area contributed by atoms with Crippen LogP contribution in [0, 0.1) is 5.82 Å². The molecule has 0 spiro atoms. The van der Waals surface area contributed by atoms with Gasteiger partial charge in [-0.25, -0.2) is 17.8 Å². The molecule has 8 nitrogen and oxygen atoms in total. The molecule has 2 aromatic heterocycles. The van der Waals surface area contributed by atoms with E-state index in [9.17, 15) is 17.6 Å². The number of Topliss-reactive ketones (excluding diaryl/α,β-unsaturated/α-hetero) is 1. The Hall–Kier alpha value is -3.76. The Morgan fingerprint density at radius 3 is 2.77 bits per heavy atom. The number of sulfonamides is 1. The maximum atomic E-state index is 13.6. The maximum absolute atomic E-state index is 13.6. The molecule has 1 atom stereocenters. The molecule has 0 radical (unpaired) electrons. The fraction of sp³-hybridized carbons (Fsp3) is 0.310. The number of hydrogen-bond acceptors (Lipinski definition) is 7. The zero-order chi connectivity index (χ0) is 27.6. The third-order valence-electron chi connectivity index (χ3n) is 6.79. The van der Waals surface area contributed by atoms with Crippen molar-refractivity contribution in [2.24, 2.45) is 0 Å². The first-order valence-electron chi connectivity index (χ1n) is 12.8. The highest BCUT2D eigenvalue weighted by Gasteiger charge is 2.40. The van der Waals surface area contributed by atoms with Crippen molar-refractivity contribution in [3.63, 3.8) is 0 Å². The van der Waals surface area contributed by atoms with Crippen molar-refractivity contribution in [2.45, 2.75) is 43.4 Å². The van der Waals surface area contributed by atoms with Crippen LogP contribution in [0.1, 0.15) is 30.5 Å². The van der Waals surface area contributed by atoms with Crippen LogP contribution in [-0.2, 0) is 27.8 Å². The lowest BCUT2D eigenvalue weighted by Crippen LogP contribution is -2.40. The highest BCUT2D eigenvalue weighted by Crippen LogP contribution is 2.31. The van der Waals surface area contributed by atoms with Gasteiger partial charge in [0.1, 0.15) is 29.6 Å². The quantitative estimate of drug-likeness (QED) is 0.275. The van der Waals surface area contributed by atoms with Crippen LogP contribution in [0.15, 0.2) is 76.2 Å². The minimum atomic E-state index is -4.05. The molecular formula is C29H30FN3O5S.